The predicted octanol–water partition coefficient (Wildman–Crippen LogP) is 6.86. The van der Waals surface area contributed by atoms with E-state index in [4.69, 9.17) is 28.2 Å². The van der Waals surface area contributed by atoms with E-state index in [0.29, 0.717) is 32.6 Å². The fourth-order valence-corrected chi connectivity index (χ4v) is 5.61. The van der Waals surface area contributed by atoms with Gasteiger partial charge in [-0.3, -0.25) is 4.79 Å². The van der Waals surface area contributed by atoms with E-state index in [2.05, 4.69) is 35.1 Å². The molecule has 0 spiro atoms. The van der Waals surface area contributed by atoms with Gasteiger partial charge < -0.3 is 19.8 Å². The lowest BCUT2D eigenvalue weighted by atomic mass is 10.0. The molecular weight excluding hydrogens is 513 g/mol. The molecule has 0 fully saturated rings. The molecule has 0 bridgehead atoms. The molecule has 0 aliphatic rings. The van der Waals surface area contributed by atoms with Crippen LogP contribution in [0.15, 0.2) is 41.2 Å². The summed E-state index contributed by atoms with van der Waals surface area (Å²) in [6.07, 6.45) is 4.13. The van der Waals surface area contributed by atoms with Crippen molar-refractivity contribution in [2.75, 3.05) is 36.5 Å². The fourth-order valence-electron chi connectivity index (χ4n) is 4.33. The summed E-state index contributed by atoms with van der Waals surface area (Å²) < 4.78 is 1.87. The second-order valence-corrected chi connectivity index (χ2v) is 10.5. The molecule has 2 heterocycles. The number of hydrogen-bond donors (Lipinski definition) is 2. The molecule has 190 valence electrons. The van der Waals surface area contributed by atoms with Gasteiger partial charge in [0.15, 0.2) is 0 Å². The van der Waals surface area contributed by atoms with Crippen LogP contribution in [0.2, 0.25) is 10.0 Å². The Balaban J connectivity index is 1.62. The Bertz CT molecular complexity index is 1450. The average molecular weight is 545 g/mol. The first-order chi connectivity index (χ1) is 17.3. The number of aromatic nitrogens is 3. The summed E-state index contributed by atoms with van der Waals surface area (Å²) in [5.41, 5.74) is 3.77. The molecule has 0 saturated heterocycles. The van der Waals surface area contributed by atoms with Crippen molar-refractivity contribution in [3.8, 4) is 0 Å². The Morgan fingerprint density at radius 1 is 1.17 bits per heavy atom. The summed E-state index contributed by atoms with van der Waals surface area (Å²) in [4.78, 5) is 23.5. The third-order valence-electron chi connectivity index (χ3n) is 6.46. The van der Waals surface area contributed by atoms with E-state index < -0.39 is 0 Å². The number of rotatable bonds is 10. The first kappa shape index (κ1) is 26.6. The van der Waals surface area contributed by atoms with Gasteiger partial charge in [0.25, 0.3) is 5.56 Å². The van der Waals surface area contributed by atoms with Crippen LogP contribution in [0.1, 0.15) is 25.1 Å². The molecule has 2 aromatic carbocycles. The number of pyridine rings is 1. The van der Waals surface area contributed by atoms with Crippen molar-refractivity contribution in [1.29, 1.82) is 0 Å². The van der Waals surface area contributed by atoms with Gasteiger partial charge >= 0.3 is 0 Å². The zero-order valence-electron chi connectivity index (χ0n) is 21.0. The van der Waals surface area contributed by atoms with Crippen LogP contribution in [0.5, 0.6) is 0 Å². The van der Waals surface area contributed by atoms with Crippen molar-refractivity contribution in [2.45, 2.75) is 20.8 Å². The SMILES string of the molecule is CCN(CC)CCSC/C=C\c1[nH]c(=O)c2c(ccc3nc(Nc4c(Cl)cccc4Cl)n(C)c32)c1C. The highest BCUT2D eigenvalue weighted by Crippen LogP contribution is 2.34. The lowest BCUT2D eigenvalue weighted by Crippen LogP contribution is -2.25. The number of anilines is 2. The lowest BCUT2D eigenvalue weighted by Gasteiger charge is -2.16. The van der Waals surface area contributed by atoms with Crippen LogP contribution in [-0.4, -0.2) is 50.6 Å². The van der Waals surface area contributed by atoms with Crippen LogP contribution in [0.3, 0.4) is 0 Å². The first-order valence-corrected chi connectivity index (χ1v) is 14.0. The van der Waals surface area contributed by atoms with Gasteiger partial charge in [-0.1, -0.05) is 55.3 Å². The minimum atomic E-state index is -0.139. The topological polar surface area (TPSA) is 66.0 Å². The minimum absolute atomic E-state index is 0.139. The lowest BCUT2D eigenvalue weighted by molar-refractivity contribution is 0.324. The number of aryl methyl sites for hydroxylation is 2. The summed E-state index contributed by atoms with van der Waals surface area (Å²) in [5, 5.41) is 5.74. The van der Waals surface area contributed by atoms with Gasteiger partial charge in [0, 0.05) is 30.8 Å². The van der Waals surface area contributed by atoms with Crippen molar-refractivity contribution in [2.24, 2.45) is 7.05 Å². The number of H-pyrrole nitrogens is 1. The molecule has 0 atom stereocenters. The standard InChI is InChI=1S/C27H31Cl2N5OS/c1-5-34(6-2)14-16-36-15-8-11-21-17(3)18-12-13-22-25(23(18)26(35)30-21)33(4)27(31-22)32-24-19(28)9-7-10-20(24)29/h7-13H,5-6,14-16H2,1-4H3,(H,30,35)(H,31,32)/b11-8-. The fraction of sp³-hybridized carbons (Fsp3) is 0.333. The number of nitrogens with one attached hydrogen (secondary N) is 2. The third kappa shape index (κ3) is 5.44. The number of hydrogen-bond acceptors (Lipinski definition) is 5. The van der Waals surface area contributed by atoms with Crippen molar-refractivity contribution < 1.29 is 0 Å². The quantitative estimate of drug-likeness (QED) is 0.214. The van der Waals surface area contributed by atoms with E-state index in [-0.39, 0.29) is 5.56 Å². The van der Waals surface area contributed by atoms with Crippen molar-refractivity contribution in [3.63, 3.8) is 0 Å². The molecule has 36 heavy (non-hydrogen) atoms. The van der Waals surface area contributed by atoms with Gasteiger partial charge in [0.2, 0.25) is 5.95 Å². The maximum atomic E-state index is 13.3. The number of aromatic amines is 1. The van der Waals surface area contributed by atoms with Crippen LogP contribution in [0, 0.1) is 6.92 Å². The van der Waals surface area contributed by atoms with Crippen LogP contribution < -0.4 is 10.9 Å². The van der Waals surface area contributed by atoms with Crippen molar-refractivity contribution >= 4 is 74.5 Å². The van der Waals surface area contributed by atoms with Gasteiger partial charge in [-0.05, 0) is 55.2 Å². The Morgan fingerprint density at radius 3 is 2.58 bits per heavy atom. The molecular formula is C27H31Cl2N5OS. The molecule has 4 aromatic rings. The predicted molar refractivity (Wildman–Crippen MR) is 157 cm³/mol. The number of imidazole rings is 1. The maximum absolute atomic E-state index is 13.3. The smallest absolute Gasteiger partial charge is 0.258 e. The van der Waals surface area contributed by atoms with E-state index in [1.54, 1.807) is 18.2 Å². The first-order valence-electron chi connectivity index (χ1n) is 12.0. The Labute approximate surface area is 225 Å². The monoisotopic (exact) mass is 543 g/mol. The second kappa shape index (κ2) is 11.7. The van der Waals surface area contributed by atoms with E-state index in [1.807, 2.05) is 48.5 Å². The Kier molecular flexibility index (Phi) is 8.67. The Hall–Kier alpha value is -2.45. The summed E-state index contributed by atoms with van der Waals surface area (Å²) in [5.74, 6) is 2.55. The van der Waals surface area contributed by atoms with Gasteiger partial charge in [-0.2, -0.15) is 11.8 Å². The molecule has 0 aliphatic heterocycles. The molecule has 0 saturated carbocycles. The van der Waals surface area contributed by atoms with E-state index >= 15 is 0 Å². The summed E-state index contributed by atoms with van der Waals surface area (Å²) in [6, 6.07) is 9.23. The van der Waals surface area contributed by atoms with Crippen molar-refractivity contribution in [3.05, 3.63) is 68.1 Å². The highest BCUT2D eigenvalue weighted by atomic mass is 35.5. The molecule has 2 N–H and O–H groups in total. The minimum Gasteiger partial charge on any atom is -0.323 e. The highest BCUT2D eigenvalue weighted by Gasteiger charge is 2.17. The van der Waals surface area contributed by atoms with Crippen LogP contribution in [-0.2, 0) is 7.05 Å². The largest absolute Gasteiger partial charge is 0.323 e. The molecule has 0 radical (unpaired) electrons. The molecule has 0 unspecified atom stereocenters. The number of fused-ring (bicyclic) bond motifs is 3. The van der Waals surface area contributed by atoms with Gasteiger partial charge in [-0.25, -0.2) is 4.98 Å². The number of benzene rings is 2. The Morgan fingerprint density at radius 2 is 1.89 bits per heavy atom. The van der Waals surface area contributed by atoms with Crippen LogP contribution in [0.25, 0.3) is 27.9 Å². The summed E-state index contributed by atoms with van der Waals surface area (Å²) >= 11 is 14.6. The second-order valence-electron chi connectivity index (χ2n) is 8.57. The number of nitrogens with zero attached hydrogens (tertiary/aromatic N) is 3. The van der Waals surface area contributed by atoms with Gasteiger partial charge in [0.05, 0.1) is 32.2 Å². The molecule has 9 heteroatoms. The maximum Gasteiger partial charge on any atom is 0.258 e. The molecule has 0 aliphatic carbocycles. The van der Waals surface area contributed by atoms with Crippen LogP contribution in [0.4, 0.5) is 11.6 Å². The van der Waals surface area contributed by atoms with E-state index in [9.17, 15) is 4.79 Å². The number of halogens is 2. The number of para-hydroxylation sites is 1. The van der Waals surface area contributed by atoms with Crippen molar-refractivity contribution in [1.82, 2.24) is 19.4 Å². The van der Waals surface area contributed by atoms with Crippen LogP contribution >= 0.6 is 35.0 Å². The molecule has 4 rings (SSSR count). The van der Waals surface area contributed by atoms with Gasteiger partial charge in [0.1, 0.15) is 0 Å². The van der Waals surface area contributed by atoms with Gasteiger partial charge in [-0.15, -0.1) is 0 Å². The summed E-state index contributed by atoms with van der Waals surface area (Å²) in [6.45, 7) is 9.68. The summed E-state index contributed by atoms with van der Waals surface area (Å²) in [7, 11) is 1.87. The normalized spacial score (nSPS) is 12.0. The zero-order valence-corrected chi connectivity index (χ0v) is 23.3. The number of thioether (sulfide) groups is 1. The average Bonchev–Trinajstić information content (AvgIpc) is 3.18. The highest BCUT2D eigenvalue weighted by molar-refractivity contribution is 7.99. The molecule has 6 nitrogen and oxygen atoms in total. The van der Waals surface area contributed by atoms with E-state index in [1.165, 1.54) is 0 Å². The zero-order chi connectivity index (χ0) is 25.8. The third-order valence-corrected chi connectivity index (χ3v) is 7.99. The molecule has 0 amide bonds. The van der Waals surface area contributed by atoms with E-state index in [0.717, 1.165) is 53.3 Å². The molecule has 2 aromatic heterocycles.